The van der Waals surface area contributed by atoms with Crippen LogP contribution in [0.3, 0.4) is 0 Å². The van der Waals surface area contributed by atoms with Crippen LogP contribution in [0.25, 0.3) is 11.3 Å². The smallest absolute Gasteiger partial charge is 0.265 e. The van der Waals surface area contributed by atoms with Crippen molar-refractivity contribution in [3.8, 4) is 17.0 Å². The second-order valence-corrected chi connectivity index (χ2v) is 7.89. The highest BCUT2D eigenvalue weighted by molar-refractivity contribution is 7.11. The normalized spacial score (nSPS) is 16.8. The zero-order chi connectivity index (χ0) is 19.5. The Hall–Kier alpha value is -2.73. The number of likely N-dealkylation sites (tertiary alicyclic amines) is 1. The molecule has 1 aliphatic heterocycles. The zero-order valence-corrected chi connectivity index (χ0v) is 16.9. The summed E-state index contributed by atoms with van der Waals surface area (Å²) in [6, 6.07) is 14.1. The van der Waals surface area contributed by atoms with Gasteiger partial charge in [-0.15, -0.1) is 11.3 Å². The van der Waals surface area contributed by atoms with Crippen molar-refractivity contribution in [2.75, 3.05) is 20.2 Å². The predicted molar refractivity (Wildman–Crippen MR) is 111 cm³/mol. The molecule has 4 rings (SSSR count). The predicted octanol–water partition coefficient (Wildman–Crippen LogP) is 4.54. The maximum absolute atomic E-state index is 12.9. The number of carbonyl (C=O) groups excluding carboxylic acids is 1. The Labute approximate surface area is 169 Å². The van der Waals surface area contributed by atoms with Gasteiger partial charge in [0.25, 0.3) is 5.91 Å². The highest BCUT2D eigenvalue weighted by Gasteiger charge is 2.28. The number of hydrogen-bond donors (Lipinski definition) is 0. The fourth-order valence-corrected chi connectivity index (χ4v) is 4.45. The lowest BCUT2D eigenvalue weighted by atomic mass is 9.93. The summed E-state index contributed by atoms with van der Waals surface area (Å²) in [4.78, 5) is 24.7. The van der Waals surface area contributed by atoms with E-state index in [4.69, 9.17) is 9.72 Å². The molecule has 1 aromatic carbocycles. The molecule has 0 spiro atoms. The Kier molecular flexibility index (Phi) is 5.39. The lowest BCUT2D eigenvalue weighted by Crippen LogP contribution is -2.39. The molecule has 3 aromatic rings. The highest BCUT2D eigenvalue weighted by atomic mass is 32.1. The fraction of sp³-hybridized carbons (Fsp3) is 0.318. The Morgan fingerprint density at radius 2 is 2.11 bits per heavy atom. The molecule has 6 heteroatoms. The number of methoxy groups -OCH3 is 1. The van der Waals surface area contributed by atoms with Gasteiger partial charge in [-0.05, 0) is 44.0 Å². The van der Waals surface area contributed by atoms with Crippen LogP contribution < -0.4 is 4.74 Å². The summed E-state index contributed by atoms with van der Waals surface area (Å²) in [6.07, 6.45) is 2.03. The summed E-state index contributed by atoms with van der Waals surface area (Å²) in [5.41, 5.74) is 5.56. The first-order valence-corrected chi connectivity index (χ1v) is 10.3. The van der Waals surface area contributed by atoms with Crippen LogP contribution in [0, 0.1) is 6.92 Å². The van der Waals surface area contributed by atoms with Crippen molar-refractivity contribution in [1.29, 1.82) is 0 Å². The number of pyridine rings is 1. The summed E-state index contributed by atoms with van der Waals surface area (Å²) in [7, 11) is 1.67. The van der Waals surface area contributed by atoms with E-state index in [2.05, 4.69) is 11.1 Å². The van der Waals surface area contributed by atoms with E-state index < -0.39 is 0 Å². The first-order valence-electron chi connectivity index (χ1n) is 9.46. The van der Waals surface area contributed by atoms with Crippen LogP contribution in [0.4, 0.5) is 0 Å². The molecule has 0 aliphatic carbocycles. The van der Waals surface area contributed by atoms with Crippen molar-refractivity contribution in [1.82, 2.24) is 14.9 Å². The van der Waals surface area contributed by atoms with E-state index >= 15 is 0 Å². The minimum Gasteiger partial charge on any atom is -0.497 e. The average molecular weight is 394 g/mol. The van der Waals surface area contributed by atoms with Gasteiger partial charge in [0.1, 0.15) is 10.6 Å². The zero-order valence-electron chi connectivity index (χ0n) is 16.1. The molecule has 1 aliphatic rings. The van der Waals surface area contributed by atoms with Crippen molar-refractivity contribution in [2.45, 2.75) is 25.7 Å². The van der Waals surface area contributed by atoms with Gasteiger partial charge in [0.15, 0.2) is 0 Å². The molecule has 1 atom stereocenters. The highest BCUT2D eigenvalue weighted by Crippen LogP contribution is 2.30. The minimum atomic E-state index is 0.0913. The van der Waals surface area contributed by atoms with E-state index in [1.165, 1.54) is 11.3 Å². The first kappa shape index (κ1) is 18.6. The van der Waals surface area contributed by atoms with Gasteiger partial charge in [-0.25, -0.2) is 4.98 Å². The number of hydrogen-bond acceptors (Lipinski definition) is 5. The molecule has 2 aromatic heterocycles. The molecule has 5 nitrogen and oxygen atoms in total. The summed E-state index contributed by atoms with van der Waals surface area (Å²) >= 11 is 1.42. The van der Waals surface area contributed by atoms with Crippen molar-refractivity contribution in [3.05, 3.63) is 64.2 Å². The van der Waals surface area contributed by atoms with Gasteiger partial charge in [0, 0.05) is 30.3 Å². The summed E-state index contributed by atoms with van der Waals surface area (Å²) < 4.78 is 5.33. The number of ether oxygens (including phenoxy) is 1. The molecule has 28 heavy (non-hydrogen) atoms. The van der Waals surface area contributed by atoms with Gasteiger partial charge >= 0.3 is 0 Å². The Balaban J connectivity index is 1.55. The number of aryl methyl sites for hydroxylation is 1. The largest absolute Gasteiger partial charge is 0.497 e. The van der Waals surface area contributed by atoms with E-state index in [1.807, 2.05) is 48.2 Å². The van der Waals surface area contributed by atoms with Gasteiger partial charge < -0.3 is 9.64 Å². The summed E-state index contributed by atoms with van der Waals surface area (Å²) in [5, 5.41) is 0. The summed E-state index contributed by atoms with van der Waals surface area (Å²) in [6.45, 7) is 3.39. The lowest BCUT2D eigenvalue weighted by molar-refractivity contribution is 0.0710. The van der Waals surface area contributed by atoms with E-state index in [0.717, 1.165) is 52.7 Å². The molecule has 0 bridgehead atoms. The van der Waals surface area contributed by atoms with Crippen molar-refractivity contribution < 1.29 is 9.53 Å². The van der Waals surface area contributed by atoms with E-state index in [9.17, 15) is 4.79 Å². The first-order chi connectivity index (χ1) is 13.7. The quantitative estimate of drug-likeness (QED) is 0.653. The molecule has 0 radical (unpaired) electrons. The Morgan fingerprint density at radius 3 is 2.89 bits per heavy atom. The van der Waals surface area contributed by atoms with E-state index in [-0.39, 0.29) is 11.8 Å². The van der Waals surface area contributed by atoms with E-state index in [1.54, 1.807) is 12.6 Å². The number of thiazole rings is 1. The minimum absolute atomic E-state index is 0.0913. The molecule has 144 valence electrons. The number of amides is 1. The molecule has 0 unspecified atom stereocenters. The lowest BCUT2D eigenvalue weighted by Gasteiger charge is -2.32. The van der Waals surface area contributed by atoms with Crippen LogP contribution in [0.2, 0.25) is 0 Å². The van der Waals surface area contributed by atoms with Crippen LogP contribution in [-0.4, -0.2) is 41.0 Å². The van der Waals surface area contributed by atoms with Gasteiger partial charge in [0.05, 0.1) is 24.0 Å². The number of benzene rings is 1. The maximum Gasteiger partial charge on any atom is 0.265 e. The number of rotatable bonds is 4. The molecule has 1 fully saturated rings. The summed E-state index contributed by atoms with van der Waals surface area (Å²) in [5.74, 6) is 1.16. The second kappa shape index (κ2) is 8.10. The fourth-order valence-electron chi connectivity index (χ4n) is 3.68. The van der Waals surface area contributed by atoms with Crippen LogP contribution in [0.5, 0.6) is 5.75 Å². The number of aromatic nitrogens is 2. The van der Waals surface area contributed by atoms with Crippen molar-refractivity contribution in [2.24, 2.45) is 0 Å². The molecule has 3 heterocycles. The van der Waals surface area contributed by atoms with Gasteiger partial charge in [-0.1, -0.05) is 18.2 Å². The standard InChI is InChI=1S/C22H23N3O2S/c1-15-21(28-14-23-15)22(26)25-11-5-7-17(13-25)20-10-4-9-19(24-20)16-6-3-8-18(12-16)27-2/h3-4,6,8-10,12,14,17H,5,7,11,13H2,1-2H3/t17-/m1/s1. The molecule has 1 saturated heterocycles. The number of carbonyl (C=O) groups is 1. The molecule has 1 amide bonds. The molecule has 0 N–H and O–H groups in total. The average Bonchev–Trinajstić information content (AvgIpc) is 3.19. The van der Waals surface area contributed by atoms with Gasteiger partial charge in [-0.3, -0.25) is 9.78 Å². The Morgan fingerprint density at radius 1 is 1.25 bits per heavy atom. The van der Waals surface area contributed by atoms with Gasteiger partial charge in [0.2, 0.25) is 0 Å². The topological polar surface area (TPSA) is 55.3 Å². The van der Waals surface area contributed by atoms with Crippen LogP contribution in [-0.2, 0) is 0 Å². The van der Waals surface area contributed by atoms with Crippen LogP contribution in [0.15, 0.2) is 48.0 Å². The van der Waals surface area contributed by atoms with Crippen molar-refractivity contribution >= 4 is 17.2 Å². The van der Waals surface area contributed by atoms with E-state index in [0.29, 0.717) is 6.54 Å². The second-order valence-electron chi connectivity index (χ2n) is 7.04. The van der Waals surface area contributed by atoms with Crippen LogP contribution in [0.1, 0.15) is 39.8 Å². The van der Waals surface area contributed by atoms with Gasteiger partial charge in [-0.2, -0.15) is 0 Å². The molecular weight excluding hydrogens is 370 g/mol. The third-order valence-corrected chi connectivity index (χ3v) is 6.12. The SMILES string of the molecule is COc1cccc(-c2cccc([C@@H]3CCCN(C(=O)c4scnc4C)C3)n2)c1. The maximum atomic E-state index is 12.9. The monoisotopic (exact) mass is 393 g/mol. The van der Waals surface area contributed by atoms with Crippen molar-refractivity contribution in [3.63, 3.8) is 0 Å². The Bertz CT molecular complexity index is 985. The third-order valence-electron chi connectivity index (χ3n) is 5.20. The number of piperidine rings is 1. The third kappa shape index (κ3) is 3.78. The number of nitrogens with zero attached hydrogens (tertiary/aromatic N) is 3. The van der Waals surface area contributed by atoms with Crippen LogP contribution >= 0.6 is 11.3 Å². The molecular formula is C22H23N3O2S. The molecule has 0 saturated carbocycles.